The van der Waals surface area contributed by atoms with Gasteiger partial charge in [-0.1, -0.05) is 72.8 Å². The van der Waals surface area contributed by atoms with E-state index in [4.69, 9.17) is 16.6 Å². The molecule has 13 N–H and O–H groups in total. The van der Waals surface area contributed by atoms with E-state index in [1.54, 1.807) is 60.7 Å². The molecule has 21 heteroatoms. The first-order valence-electron chi connectivity index (χ1n) is 20.3. The van der Waals surface area contributed by atoms with Crippen LogP contribution in [0.25, 0.3) is 0 Å². The predicted octanol–water partition coefficient (Wildman–Crippen LogP) is -3.14. The van der Waals surface area contributed by atoms with E-state index < -0.39 is 109 Å². The molecule has 0 aromatic heterocycles. The topological polar surface area (TPSA) is 342 Å². The van der Waals surface area contributed by atoms with Crippen LogP contribution in [0, 0.1) is 0 Å². The second-order valence-electron chi connectivity index (χ2n) is 15.0. The number of nitrogens with one attached hydrogen (secondary N) is 6. The summed E-state index contributed by atoms with van der Waals surface area (Å²) < 4.78 is 0. The summed E-state index contributed by atoms with van der Waals surface area (Å²) in [5.41, 5.74) is 12.7. The monoisotopic (exact) mass is 887 g/mol. The fourth-order valence-corrected chi connectivity index (χ4v) is 6.92. The summed E-state index contributed by atoms with van der Waals surface area (Å²) in [4.78, 5) is 119. The molecule has 3 aromatic carbocycles. The molecule has 0 unspecified atom stereocenters. The summed E-state index contributed by atoms with van der Waals surface area (Å²) in [5.74, 6) is -8.49. The number of nitrogens with two attached hydrogens (primary N) is 2. The van der Waals surface area contributed by atoms with Gasteiger partial charge in [-0.2, -0.15) is 0 Å². The van der Waals surface area contributed by atoms with Gasteiger partial charge in [-0.15, -0.1) is 0 Å². The number of hydrogen-bond acceptors (Lipinski definition) is 12. The van der Waals surface area contributed by atoms with Crippen molar-refractivity contribution in [1.82, 2.24) is 36.8 Å². The van der Waals surface area contributed by atoms with Crippen LogP contribution in [0.3, 0.4) is 0 Å². The number of aliphatic carboxylic acids is 1. The third kappa shape index (κ3) is 15.2. The lowest BCUT2D eigenvalue weighted by molar-refractivity contribution is -0.142. The summed E-state index contributed by atoms with van der Waals surface area (Å²) in [7, 11) is 0. The summed E-state index contributed by atoms with van der Waals surface area (Å²) in [6.07, 6.45) is -0.366. The number of carboxylic acids is 1. The Bertz CT molecular complexity index is 2130. The van der Waals surface area contributed by atoms with Gasteiger partial charge in [-0.05, 0) is 41.7 Å². The van der Waals surface area contributed by atoms with E-state index >= 15 is 0 Å². The number of aromatic hydroxyl groups is 1. The minimum atomic E-state index is -1.77. The highest BCUT2D eigenvalue weighted by molar-refractivity contribution is 5.98. The number of rotatable bonds is 23. The Morgan fingerprint density at radius 2 is 1.14 bits per heavy atom. The number of carbonyl (C=O) groups is 9. The zero-order valence-corrected chi connectivity index (χ0v) is 34.7. The number of phenols is 1. The Morgan fingerprint density at radius 1 is 0.641 bits per heavy atom. The maximum Gasteiger partial charge on any atom is 0.322 e. The average molecular weight is 888 g/mol. The van der Waals surface area contributed by atoms with Crippen LogP contribution in [-0.4, -0.2) is 136 Å². The molecule has 0 radical (unpaired) electrons. The standard InChI is InChI=1S/C43H53N9O12/c44-22-36(56)47-32(20-26-10-5-2-6-11-26)43(64)52-17-7-12-34(52)42(63)50-30(18-25-8-3-1-4-9-25)39(60)51-33(24-53)41(62)49-31(21-35(45)55)40(61)48-29(38(59)46-23-37(57)58)19-27-13-15-28(54)16-14-27/h1-6,8-11,13-16,29-34,53-54H,7,12,17-24,44H2,(H2,45,55)(H,46,59)(H,47,56)(H,48,61)(H,49,62)(H,50,63)(H,51,60)(H,57,58)/t29-,30-,31-,32-,33-,34-/m0/s1. The molecule has 0 spiro atoms. The number of carboxylic acid groups (broad SMARTS) is 1. The molecule has 1 saturated heterocycles. The Kier molecular flexibility index (Phi) is 18.7. The van der Waals surface area contributed by atoms with Crippen LogP contribution in [0.5, 0.6) is 5.75 Å². The van der Waals surface area contributed by atoms with Crippen molar-refractivity contribution in [3.05, 3.63) is 102 Å². The van der Waals surface area contributed by atoms with Gasteiger partial charge in [0, 0.05) is 25.8 Å². The third-order valence-corrected chi connectivity index (χ3v) is 10.1. The number of primary amides is 1. The van der Waals surface area contributed by atoms with Gasteiger partial charge >= 0.3 is 5.97 Å². The molecule has 1 aliphatic rings. The molecule has 342 valence electrons. The van der Waals surface area contributed by atoms with Gasteiger partial charge in [0.2, 0.25) is 47.3 Å². The SMILES string of the molecule is NCC(=O)N[C@@H](Cc1ccccc1)C(=O)N1CCC[C@H]1C(=O)N[C@@H](Cc1ccccc1)C(=O)N[C@@H](CO)C(=O)N[C@@H](CC(N)=O)C(=O)N[C@@H](Cc1ccc(O)cc1)C(=O)NCC(=O)O. The van der Waals surface area contributed by atoms with Crippen molar-refractivity contribution in [2.45, 2.75) is 74.8 Å². The Labute approximate surface area is 367 Å². The van der Waals surface area contributed by atoms with Crippen LogP contribution in [0.15, 0.2) is 84.9 Å². The van der Waals surface area contributed by atoms with Crippen LogP contribution in [0.2, 0.25) is 0 Å². The van der Waals surface area contributed by atoms with Crippen LogP contribution in [-0.2, 0) is 62.4 Å². The Balaban J connectivity index is 1.51. The van der Waals surface area contributed by atoms with Crippen molar-refractivity contribution >= 4 is 53.2 Å². The van der Waals surface area contributed by atoms with Gasteiger partial charge in [0.1, 0.15) is 48.5 Å². The molecule has 1 fully saturated rings. The fraction of sp³-hybridized carbons (Fsp3) is 0.372. The second-order valence-corrected chi connectivity index (χ2v) is 15.0. The van der Waals surface area contributed by atoms with Crippen molar-refractivity contribution in [1.29, 1.82) is 0 Å². The maximum atomic E-state index is 14.0. The van der Waals surface area contributed by atoms with E-state index in [1.807, 2.05) is 0 Å². The van der Waals surface area contributed by atoms with Gasteiger partial charge < -0.3 is 63.6 Å². The third-order valence-electron chi connectivity index (χ3n) is 10.1. The first-order chi connectivity index (χ1) is 30.6. The summed E-state index contributed by atoms with van der Waals surface area (Å²) >= 11 is 0. The molecule has 0 bridgehead atoms. The fourth-order valence-electron chi connectivity index (χ4n) is 6.92. The Morgan fingerprint density at radius 3 is 1.69 bits per heavy atom. The highest BCUT2D eigenvalue weighted by atomic mass is 16.4. The molecule has 8 amide bonds. The molecular weight excluding hydrogens is 835 g/mol. The van der Waals surface area contributed by atoms with Crippen molar-refractivity contribution in [2.24, 2.45) is 11.5 Å². The summed E-state index contributed by atoms with van der Waals surface area (Å²) in [6, 6.07) is 14.5. The molecule has 0 saturated carbocycles. The van der Waals surface area contributed by atoms with Crippen LogP contribution < -0.4 is 43.4 Å². The van der Waals surface area contributed by atoms with E-state index in [9.17, 15) is 53.4 Å². The van der Waals surface area contributed by atoms with E-state index in [2.05, 4.69) is 31.9 Å². The number of benzene rings is 3. The number of nitrogens with zero attached hydrogens (tertiary/aromatic N) is 1. The predicted molar refractivity (Wildman–Crippen MR) is 227 cm³/mol. The minimum Gasteiger partial charge on any atom is -0.508 e. The van der Waals surface area contributed by atoms with Crippen molar-refractivity contribution in [3.8, 4) is 5.75 Å². The van der Waals surface area contributed by atoms with Crippen molar-refractivity contribution in [2.75, 3.05) is 26.2 Å². The zero-order valence-electron chi connectivity index (χ0n) is 34.7. The van der Waals surface area contributed by atoms with Crippen molar-refractivity contribution in [3.63, 3.8) is 0 Å². The number of likely N-dealkylation sites (tertiary alicyclic amines) is 1. The van der Waals surface area contributed by atoms with Crippen LogP contribution in [0.1, 0.15) is 36.0 Å². The number of aliphatic hydroxyl groups excluding tert-OH is 1. The van der Waals surface area contributed by atoms with Gasteiger partial charge in [0.15, 0.2) is 0 Å². The number of phenolic OH excluding ortho intramolecular Hbond substituents is 1. The lowest BCUT2D eigenvalue weighted by atomic mass is 10.0. The van der Waals surface area contributed by atoms with Gasteiger partial charge in [-0.25, -0.2) is 0 Å². The lowest BCUT2D eigenvalue weighted by Crippen LogP contribution is -2.61. The molecular formula is C43H53N9O12. The minimum absolute atomic E-state index is 0.0878. The van der Waals surface area contributed by atoms with E-state index in [-0.39, 0.29) is 44.5 Å². The molecule has 3 aromatic rings. The highest BCUT2D eigenvalue weighted by Gasteiger charge is 2.39. The van der Waals surface area contributed by atoms with Gasteiger partial charge in [0.25, 0.3) is 0 Å². The Hall–Kier alpha value is -7.39. The normalized spacial score (nSPS) is 15.5. The molecule has 21 nitrogen and oxygen atoms in total. The second kappa shape index (κ2) is 24.3. The van der Waals surface area contributed by atoms with Gasteiger partial charge in [-0.3, -0.25) is 43.2 Å². The number of carbonyl (C=O) groups excluding carboxylic acids is 8. The number of amides is 8. The number of aliphatic hydroxyl groups is 1. The molecule has 6 atom stereocenters. The van der Waals surface area contributed by atoms with E-state index in [1.165, 1.54) is 29.2 Å². The molecule has 64 heavy (non-hydrogen) atoms. The zero-order chi connectivity index (χ0) is 46.8. The largest absolute Gasteiger partial charge is 0.508 e. The number of hydrogen-bond donors (Lipinski definition) is 11. The lowest BCUT2D eigenvalue weighted by Gasteiger charge is -2.30. The van der Waals surface area contributed by atoms with Gasteiger partial charge in [0.05, 0.1) is 19.6 Å². The average Bonchev–Trinajstić information content (AvgIpc) is 3.78. The molecule has 1 heterocycles. The van der Waals surface area contributed by atoms with Crippen molar-refractivity contribution < 1.29 is 58.5 Å². The first-order valence-corrected chi connectivity index (χ1v) is 20.3. The van der Waals surface area contributed by atoms with Crippen LogP contribution in [0.4, 0.5) is 0 Å². The smallest absolute Gasteiger partial charge is 0.322 e. The van der Waals surface area contributed by atoms with E-state index in [0.29, 0.717) is 17.5 Å². The summed E-state index contributed by atoms with van der Waals surface area (Å²) in [5, 5.41) is 43.5. The first kappa shape index (κ1) is 49.3. The summed E-state index contributed by atoms with van der Waals surface area (Å²) in [6.45, 7) is -2.03. The molecule has 1 aliphatic heterocycles. The van der Waals surface area contributed by atoms with E-state index in [0.717, 1.165) is 5.56 Å². The van der Waals surface area contributed by atoms with Crippen LogP contribution >= 0.6 is 0 Å². The molecule has 4 rings (SSSR count). The quantitative estimate of drug-likeness (QED) is 0.0449. The maximum absolute atomic E-state index is 14.0. The molecule has 0 aliphatic carbocycles. The highest BCUT2D eigenvalue weighted by Crippen LogP contribution is 2.21.